The third-order valence-corrected chi connectivity index (χ3v) is 2.12. The van der Waals surface area contributed by atoms with Crippen molar-refractivity contribution < 1.29 is 4.39 Å². The molecule has 0 nitrogen and oxygen atoms in total. The maximum atomic E-state index is 13.2. The maximum Gasteiger partial charge on any atom is 0.139 e. The second-order valence-corrected chi connectivity index (χ2v) is 3.26. The topological polar surface area (TPSA) is 0 Å². The van der Waals surface area contributed by atoms with Gasteiger partial charge in [0.1, 0.15) is 5.82 Å². The molecule has 0 atom stereocenters. The Morgan fingerprint density at radius 3 is 2.85 bits per heavy atom. The van der Waals surface area contributed by atoms with Crippen LogP contribution in [-0.2, 0) is 0 Å². The molecule has 0 heterocycles. The van der Waals surface area contributed by atoms with Crippen molar-refractivity contribution in [1.29, 1.82) is 0 Å². The van der Waals surface area contributed by atoms with Gasteiger partial charge in [-0.15, -0.1) is 0 Å². The molecule has 0 bridgehead atoms. The maximum absolute atomic E-state index is 13.2. The molecule has 0 spiro atoms. The average molecular weight is 215 g/mol. The Balaban J connectivity index is 3.16. The zero-order chi connectivity index (χ0) is 9.84. The third-order valence-electron chi connectivity index (χ3n) is 1.55. The van der Waals surface area contributed by atoms with Gasteiger partial charge < -0.3 is 0 Å². The van der Waals surface area contributed by atoms with Crippen molar-refractivity contribution >= 4 is 24.2 Å². The summed E-state index contributed by atoms with van der Waals surface area (Å²) in [7, 11) is 0. The fourth-order valence-electron chi connectivity index (χ4n) is 0.877. The fraction of sp³-hybridized carbons (Fsp3) is 0.200. The zero-order valence-electron chi connectivity index (χ0n) is 7.06. The Morgan fingerprint density at radius 2 is 2.23 bits per heavy atom. The largest absolute Gasteiger partial charge is 0.206 e. The molecule has 0 aromatic heterocycles. The van der Waals surface area contributed by atoms with Gasteiger partial charge in [-0.2, -0.15) is 12.6 Å². The molecule has 0 amide bonds. The smallest absolute Gasteiger partial charge is 0.139 e. The van der Waals surface area contributed by atoms with Gasteiger partial charge in [0.05, 0.1) is 11.3 Å². The molecule has 0 saturated heterocycles. The second-order valence-electron chi connectivity index (χ2n) is 2.54. The van der Waals surface area contributed by atoms with Crippen LogP contribution < -0.4 is 0 Å². The van der Waals surface area contributed by atoms with Crippen LogP contribution in [-0.4, -0.2) is 5.75 Å². The molecule has 0 aliphatic rings. The van der Waals surface area contributed by atoms with Crippen LogP contribution in [0.15, 0.2) is 12.1 Å². The summed E-state index contributed by atoms with van der Waals surface area (Å²) in [5.41, 5.74) is 1.04. The molecular formula is C10H8ClFS. The van der Waals surface area contributed by atoms with E-state index in [1.807, 2.05) is 0 Å². The van der Waals surface area contributed by atoms with E-state index in [0.717, 1.165) is 5.56 Å². The molecule has 1 aromatic rings. The minimum Gasteiger partial charge on any atom is -0.206 e. The zero-order valence-corrected chi connectivity index (χ0v) is 8.72. The highest BCUT2D eigenvalue weighted by Gasteiger charge is 2.02. The molecule has 1 rings (SSSR count). The van der Waals surface area contributed by atoms with Gasteiger partial charge in [0.2, 0.25) is 0 Å². The highest BCUT2D eigenvalue weighted by atomic mass is 35.5. The number of aryl methyl sites for hydroxylation is 1. The van der Waals surface area contributed by atoms with E-state index in [2.05, 4.69) is 24.5 Å². The van der Waals surface area contributed by atoms with Crippen molar-refractivity contribution in [2.24, 2.45) is 0 Å². The predicted molar refractivity (Wildman–Crippen MR) is 56.9 cm³/mol. The summed E-state index contributed by atoms with van der Waals surface area (Å²) in [6.45, 7) is 1.75. The highest BCUT2D eigenvalue weighted by molar-refractivity contribution is 7.80. The van der Waals surface area contributed by atoms with Gasteiger partial charge in [-0.3, -0.25) is 0 Å². The van der Waals surface area contributed by atoms with Gasteiger partial charge in [0.15, 0.2) is 0 Å². The van der Waals surface area contributed by atoms with Crippen molar-refractivity contribution in [3.63, 3.8) is 0 Å². The van der Waals surface area contributed by atoms with Crippen molar-refractivity contribution in [3.05, 3.63) is 34.1 Å². The minimum atomic E-state index is -0.337. The van der Waals surface area contributed by atoms with E-state index in [-0.39, 0.29) is 5.82 Å². The van der Waals surface area contributed by atoms with Gasteiger partial charge >= 0.3 is 0 Å². The first kappa shape index (κ1) is 10.4. The van der Waals surface area contributed by atoms with Crippen LogP contribution in [0.5, 0.6) is 0 Å². The molecule has 0 N–H and O–H groups in total. The number of benzene rings is 1. The van der Waals surface area contributed by atoms with Gasteiger partial charge in [-0.1, -0.05) is 23.4 Å². The van der Waals surface area contributed by atoms with Crippen molar-refractivity contribution in [1.82, 2.24) is 0 Å². The number of rotatable bonds is 0. The molecule has 1 aromatic carbocycles. The normalized spacial score (nSPS) is 9.23. The molecule has 0 unspecified atom stereocenters. The van der Waals surface area contributed by atoms with Crippen LogP contribution in [0.4, 0.5) is 4.39 Å². The Hall–Kier alpha value is -0.650. The van der Waals surface area contributed by atoms with E-state index in [1.54, 1.807) is 6.92 Å². The quantitative estimate of drug-likeness (QED) is 0.498. The molecule has 0 radical (unpaired) electrons. The van der Waals surface area contributed by atoms with Crippen LogP contribution in [0.2, 0.25) is 5.02 Å². The van der Waals surface area contributed by atoms with E-state index in [4.69, 9.17) is 11.6 Å². The van der Waals surface area contributed by atoms with Gasteiger partial charge in [0.25, 0.3) is 0 Å². The van der Waals surface area contributed by atoms with Crippen LogP contribution in [0.1, 0.15) is 11.1 Å². The number of hydrogen-bond acceptors (Lipinski definition) is 1. The van der Waals surface area contributed by atoms with E-state index in [9.17, 15) is 4.39 Å². The molecular weight excluding hydrogens is 207 g/mol. The molecule has 0 aliphatic carbocycles. The Morgan fingerprint density at radius 1 is 1.54 bits per heavy atom. The Labute approximate surface area is 87.5 Å². The first-order valence-corrected chi connectivity index (χ1v) is 4.71. The average Bonchev–Trinajstić information content (AvgIpc) is 2.09. The highest BCUT2D eigenvalue weighted by Crippen LogP contribution is 2.19. The molecule has 0 aliphatic heterocycles. The van der Waals surface area contributed by atoms with E-state index in [0.29, 0.717) is 16.3 Å². The molecule has 0 fully saturated rings. The van der Waals surface area contributed by atoms with Crippen LogP contribution >= 0.6 is 24.2 Å². The van der Waals surface area contributed by atoms with Crippen molar-refractivity contribution in [3.8, 4) is 11.8 Å². The van der Waals surface area contributed by atoms with Crippen LogP contribution in [0.25, 0.3) is 0 Å². The van der Waals surface area contributed by atoms with E-state index in [1.165, 1.54) is 12.1 Å². The van der Waals surface area contributed by atoms with Crippen LogP contribution in [0, 0.1) is 24.6 Å². The summed E-state index contributed by atoms with van der Waals surface area (Å²) in [6, 6.07) is 2.91. The summed E-state index contributed by atoms with van der Waals surface area (Å²) in [4.78, 5) is 0. The molecule has 13 heavy (non-hydrogen) atoms. The molecule has 3 heteroatoms. The second kappa shape index (κ2) is 4.55. The molecule has 0 saturated carbocycles. The summed E-state index contributed by atoms with van der Waals surface area (Å²) in [5.74, 6) is 5.38. The molecule has 68 valence electrons. The third kappa shape index (κ3) is 2.65. The monoisotopic (exact) mass is 214 g/mol. The SMILES string of the molecule is Cc1cc(F)c(C#CCS)cc1Cl. The standard InChI is InChI=1S/C10H8ClFS/c1-7-5-10(12)8(3-2-4-13)6-9(7)11/h5-6,13H,4H2,1H3. The Bertz CT molecular complexity index is 376. The van der Waals surface area contributed by atoms with Crippen molar-refractivity contribution in [2.75, 3.05) is 5.75 Å². The first-order valence-electron chi connectivity index (χ1n) is 3.70. The number of thiol groups is 1. The van der Waals surface area contributed by atoms with Gasteiger partial charge in [-0.05, 0) is 24.6 Å². The lowest BCUT2D eigenvalue weighted by Crippen LogP contribution is -1.86. The lowest BCUT2D eigenvalue weighted by atomic mass is 10.1. The fourth-order valence-corrected chi connectivity index (χ4v) is 1.12. The van der Waals surface area contributed by atoms with Crippen LogP contribution in [0.3, 0.4) is 0 Å². The first-order chi connectivity index (χ1) is 6.15. The van der Waals surface area contributed by atoms with Gasteiger partial charge in [0, 0.05) is 5.02 Å². The summed E-state index contributed by atoms with van der Waals surface area (Å²) in [5, 5.41) is 0.532. The van der Waals surface area contributed by atoms with E-state index >= 15 is 0 Å². The lowest BCUT2D eigenvalue weighted by Gasteiger charge is -1.99. The summed E-state index contributed by atoms with van der Waals surface area (Å²) < 4.78 is 13.2. The lowest BCUT2D eigenvalue weighted by molar-refractivity contribution is 0.623. The van der Waals surface area contributed by atoms with E-state index < -0.39 is 0 Å². The van der Waals surface area contributed by atoms with Crippen molar-refractivity contribution in [2.45, 2.75) is 6.92 Å². The summed E-state index contributed by atoms with van der Waals surface area (Å²) >= 11 is 9.71. The van der Waals surface area contributed by atoms with Gasteiger partial charge in [-0.25, -0.2) is 4.39 Å². The summed E-state index contributed by atoms with van der Waals surface area (Å²) in [6.07, 6.45) is 0. The number of hydrogen-bond donors (Lipinski definition) is 1. The predicted octanol–water partition coefficient (Wildman–Crippen LogP) is 3.07. The number of halogens is 2. The minimum absolute atomic E-state index is 0.324. The Kier molecular flexibility index (Phi) is 3.65.